The van der Waals surface area contributed by atoms with Crippen LogP contribution in [0, 0.1) is 0 Å². The molecule has 1 aliphatic heterocycles. The lowest BCUT2D eigenvalue weighted by Crippen LogP contribution is -2.30. The molecule has 1 unspecified atom stereocenters. The second kappa shape index (κ2) is 4.64. The van der Waals surface area contributed by atoms with Gasteiger partial charge in [-0.2, -0.15) is 8.42 Å². The Morgan fingerprint density at radius 2 is 2.22 bits per heavy atom. The monoisotopic (exact) mass is 275 g/mol. The van der Waals surface area contributed by atoms with Crippen LogP contribution in [0.25, 0.3) is 0 Å². The Hall–Kier alpha value is -0.920. The molecule has 0 aromatic heterocycles. The van der Waals surface area contributed by atoms with Gasteiger partial charge in [0, 0.05) is 18.0 Å². The Balaban J connectivity index is 2.12. The summed E-state index contributed by atoms with van der Waals surface area (Å²) in [5, 5.41) is 0. The summed E-state index contributed by atoms with van der Waals surface area (Å²) >= 11 is 0. The maximum atomic E-state index is 11.7. The van der Waals surface area contributed by atoms with Crippen LogP contribution in [-0.2, 0) is 23.8 Å². The SMILES string of the molecule is CCOC(=O)C1=C[C@H]2[C@@H]([C@@H](OS(C)(=O)=O)C1)N2C. The molecule has 0 saturated carbocycles. The molecule has 1 heterocycles. The van der Waals surface area contributed by atoms with Crippen LogP contribution in [0.3, 0.4) is 0 Å². The summed E-state index contributed by atoms with van der Waals surface area (Å²) in [4.78, 5) is 13.6. The summed E-state index contributed by atoms with van der Waals surface area (Å²) in [6.07, 6.45) is 2.63. The molecule has 6 nitrogen and oxygen atoms in total. The van der Waals surface area contributed by atoms with Crippen LogP contribution >= 0.6 is 0 Å². The van der Waals surface area contributed by atoms with Gasteiger partial charge in [0.05, 0.1) is 25.0 Å². The third kappa shape index (κ3) is 2.73. The third-order valence-electron chi connectivity index (χ3n) is 3.21. The van der Waals surface area contributed by atoms with Crippen LogP contribution in [-0.4, -0.2) is 57.4 Å². The molecular formula is C11H17NO5S. The molecule has 18 heavy (non-hydrogen) atoms. The maximum Gasteiger partial charge on any atom is 0.333 e. The minimum atomic E-state index is -3.52. The van der Waals surface area contributed by atoms with E-state index in [2.05, 4.69) is 0 Å². The third-order valence-corrected chi connectivity index (χ3v) is 3.81. The quantitative estimate of drug-likeness (QED) is 0.405. The summed E-state index contributed by atoms with van der Waals surface area (Å²) in [5.41, 5.74) is 0.496. The van der Waals surface area contributed by atoms with Gasteiger partial charge in [0.1, 0.15) is 0 Å². The van der Waals surface area contributed by atoms with Crippen molar-refractivity contribution in [1.82, 2.24) is 4.90 Å². The van der Waals surface area contributed by atoms with Gasteiger partial charge in [0.2, 0.25) is 0 Å². The number of nitrogens with zero attached hydrogens (tertiary/aromatic N) is 1. The van der Waals surface area contributed by atoms with Crippen LogP contribution in [0.1, 0.15) is 13.3 Å². The van der Waals surface area contributed by atoms with Gasteiger partial charge >= 0.3 is 5.97 Å². The van der Waals surface area contributed by atoms with Gasteiger partial charge in [-0.1, -0.05) is 6.08 Å². The number of hydrogen-bond acceptors (Lipinski definition) is 6. The summed E-state index contributed by atoms with van der Waals surface area (Å²) in [7, 11) is -1.65. The van der Waals surface area contributed by atoms with Crippen molar-refractivity contribution in [3.8, 4) is 0 Å². The first-order valence-corrected chi connectivity index (χ1v) is 7.63. The molecule has 1 saturated heterocycles. The number of carbonyl (C=O) groups is 1. The van der Waals surface area contributed by atoms with Crippen molar-refractivity contribution in [2.75, 3.05) is 19.9 Å². The van der Waals surface area contributed by atoms with Crippen LogP contribution in [0.15, 0.2) is 11.6 Å². The Morgan fingerprint density at radius 1 is 1.56 bits per heavy atom. The molecule has 102 valence electrons. The number of ether oxygens (including phenoxy) is 1. The fourth-order valence-corrected chi connectivity index (χ4v) is 3.02. The largest absolute Gasteiger partial charge is 0.463 e. The number of rotatable bonds is 4. The van der Waals surface area contributed by atoms with E-state index in [0.717, 1.165) is 6.26 Å². The fraction of sp³-hybridized carbons (Fsp3) is 0.727. The van der Waals surface area contributed by atoms with Gasteiger partial charge in [0.15, 0.2) is 0 Å². The second-order valence-corrected chi connectivity index (χ2v) is 6.20. The molecule has 0 radical (unpaired) electrons. The summed E-state index contributed by atoms with van der Waals surface area (Å²) in [6, 6.07) is 0.114. The van der Waals surface area contributed by atoms with Crippen LogP contribution in [0.4, 0.5) is 0 Å². The Morgan fingerprint density at radius 3 is 2.78 bits per heavy atom. The van der Waals surface area contributed by atoms with Crippen molar-refractivity contribution in [2.45, 2.75) is 31.5 Å². The first kappa shape index (κ1) is 13.5. The lowest BCUT2D eigenvalue weighted by Gasteiger charge is -2.19. The highest BCUT2D eigenvalue weighted by Gasteiger charge is 2.53. The van der Waals surface area contributed by atoms with E-state index in [4.69, 9.17) is 8.92 Å². The molecule has 1 fully saturated rings. The predicted molar refractivity (Wildman–Crippen MR) is 64.4 cm³/mol. The Labute approximate surface area is 107 Å². The molecule has 2 rings (SSSR count). The zero-order chi connectivity index (χ0) is 13.5. The van der Waals surface area contributed by atoms with E-state index >= 15 is 0 Å². The number of hydrogen-bond donors (Lipinski definition) is 0. The molecule has 0 amide bonds. The highest BCUT2D eigenvalue weighted by Crippen LogP contribution is 2.39. The summed E-state index contributed by atoms with van der Waals surface area (Å²) in [5.74, 6) is -0.390. The van der Waals surface area contributed by atoms with E-state index in [-0.39, 0.29) is 18.5 Å². The van der Waals surface area contributed by atoms with E-state index in [0.29, 0.717) is 12.2 Å². The van der Waals surface area contributed by atoms with Crippen LogP contribution in [0.2, 0.25) is 0 Å². The van der Waals surface area contributed by atoms with Gasteiger partial charge in [-0.25, -0.2) is 4.79 Å². The Kier molecular flexibility index (Phi) is 3.48. The van der Waals surface area contributed by atoms with Crippen molar-refractivity contribution in [3.05, 3.63) is 11.6 Å². The van der Waals surface area contributed by atoms with Gasteiger partial charge in [-0.3, -0.25) is 9.08 Å². The average Bonchev–Trinajstić information content (AvgIpc) is 2.88. The topological polar surface area (TPSA) is 72.7 Å². The van der Waals surface area contributed by atoms with E-state index in [9.17, 15) is 13.2 Å². The molecular weight excluding hydrogens is 258 g/mol. The second-order valence-electron chi connectivity index (χ2n) is 4.60. The minimum Gasteiger partial charge on any atom is -0.463 e. The van der Waals surface area contributed by atoms with Crippen LogP contribution in [0.5, 0.6) is 0 Å². The van der Waals surface area contributed by atoms with Gasteiger partial charge in [-0.15, -0.1) is 0 Å². The molecule has 4 atom stereocenters. The van der Waals surface area contributed by atoms with E-state index in [1.807, 2.05) is 18.0 Å². The standard InChI is InChI=1S/C11H17NO5S/c1-4-16-11(13)7-5-8-10(12(8)2)9(6-7)17-18(3,14)15/h5,8-10H,4,6H2,1-3H3/t8-,9-,10-,12?/m0/s1. The molecule has 0 spiro atoms. The number of esters is 1. The zero-order valence-corrected chi connectivity index (χ0v) is 11.4. The highest BCUT2D eigenvalue weighted by atomic mass is 32.2. The molecule has 2 aliphatic rings. The van der Waals surface area contributed by atoms with Gasteiger partial charge in [0.25, 0.3) is 10.1 Å². The van der Waals surface area contributed by atoms with Crippen molar-refractivity contribution >= 4 is 16.1 Å². The molecule has 0 bridgehead atoms. The van der Waals surface area contributed by atoms with Gasteiger partial charge < -0.3 is 4.74 Å². The normalized spacial score (nSPS) is 34.5. The van der Waals surface area contributed by atoms with E-state index in [1.54, 1.807) is 6.92 Å². The van der Waals surface area contributed by atoms with Crippen molar-refractivity contribution in [2.24, 2.45) is 0 Å². The highest BCUT2D eigenvalue weighted by molar-refractivity contribution is 7.86. The smallest absolute Gasteiger partial charge is 0.333 e. The number of likely N-dealkylation sites (N-methyl/N-ethyl adjacent to an activating group) is 1. The fourth-order valence-electron chi connectivity index (χ4n) is 2.39. The molecule has 7 heteroatoms. The van der Waals surface area contributed by atoms with Gasteiger partial charge in [-0.05, 0) is 14.0 Å². The number of fused-ring (bicyclic) bond motifs is 1. The lowest BCUT2D eigenvalue weighted by molar-refractivity contribution is -0.139. The lowest BCUT2D eigenvalue weighted by atomic mass is 9.97. The average molecular weight is 275 g/mol. The van der Waals surface area contributed by atoms with E-state index in [1.165, 1.54) is 0 Å². The first-order chi connectivity index (χ1) is 8.33. The zero-order valence-electron chi connectivity index (χ0n) is 10.6. The van der Waals surface area contributed by atoms with Crippen molar-refractivity contribution in [1.29, 1.82) is 0 Å². The first-order valence-electron chi connectivity index (χ1n) is 5.81. The Bertz CT molecular complexity index is 484. The minimum absolute atomic E-state index is 0.0397. The molecule has 1 aliphatic carbocycles. The number of carbonyl (C=O) groups excluding carboxylic acids is 1. The molecule has 0 aromatic rings. The predicted octanol–water partition coefficient (Wildman–Crippen LogP) is -0.0930. The van der Waals surface area contributed by atoms with Crippen molar-refractivity contribution in [3.63, 3.8) is 0 Å². The molecule has 0 N–H and O–H groups in total. The van der Waals surface area contributed by atoms with Crippen LogP contribution < -0.4 is 0 Å². The summed E-state index contributed by atoms with van der Waals surface area (Å²) in [6.45, 7) is 2.04. The maximum absolute atomic E-state index is 11.7. The van der Waals surface area contributed by atoms with E-state index < -0.39 is 22.2 Å². The summed E-state index contributed by atoms with van der Waals surface area (Å²) < 4.78 is 32.4. The molecule has 0 aromatic carbocycles. The van der Waals surface area contributed by atoms with Crippen molar-refractivity contribution < 1.29 is 22.1 Å².